The maximum Gasteiger partial charge on any atom is 0.245 e. The third-order valence-electron chi connectivity index (χ3n) is 4.19. The maximum absolute atomic E-state index is 12.8. The van der Waals surface area contributed by atoms with Gasteiger partial charge in [0.05, 0.1) is 5.60 Å². The van der Waals surface area contributed by atoms with E-state index in [-0.39, 0.29) is 18.0 Å². The van der Waals surface area contributed by atoms with Gasteiger partial charge in [-0.05, 0) is 12.1 Å². The van der Waals surface area contributed by atoms with Crippen LogP contribution in [-0.2, 0) is 16.4 Å². The molecule has 1 aliphatic heterocycles. The van der Waals surface area contributed by atoms with Gasteiger partial charge in [-0.1, -0.05) is 18.2 Å². The van der Waals surface area contributed by atoms with E-state index in [0.29, 0.717) is 11.8 Å². The molecular weight excluding hydrogens is 316 g/mol. The molecule has 0 amide bonds. The highest BCUT2D eigenvalue weighted by Gasteiger charge is 2.47. The molecule has 8 heteroatoms. The summed E-state index contributed by atoms with van der Waals surface area (Å²) in [5.41, 5.74) is 0.516. The van der Waals surface area contributed by atoms with E-state index in [1.165, 1.54) is 10.5 Å². The lowest BCUT2D eigenvalue weighted by Gasteiger charge is -2.45. The fraction of sp³-hybridized carbons (Fsp3) is 0.267. The number of hydrogen-bond donors (Lipinski definition) is 3. The zero-order valence-electron chi connectivity index (χ0n) is 12.2. The first-order chi connectivity index (χ1) is 11.0. The number of para-hydroxylation sites is 1. The van der Waals surface area contributed by atoms with Gasteiger partial charge in [0.15, 0.2) is 0 Å². The smallest absolute Gasteiger partial charge is 0.245 e. The van der Waals surface area contributed by atoms with E-state index in [2.05, 4.69) is 15.2 Å². The molecule has 0 bridgehead atoms. The Labute approximate surface area is 133 Å². The Hall–Kier alpha value is -2.16. The first-order valence-corrected chi connectivity index (χ1v) is 8.69. The van der Waals surface area contributed by atoms with Crippen molar-refractivity contribution in [2.24, 2.45) is 0 Å². The largest absolute Gasteiger partial charge is 0.387 e. The van der Waals surface area contributed by atoms with Crippen molar-refractivity contribution in [1.82, 2.24) is 19.5 Å². The first kappa shape index (κ1) is 14.4. The van der Waals surface area contributed by atoms with Crippen molar-refractivity contribution in [3.63, 3.8) is 0 Å². The molecule has 7 nitrogen and oxygen atoms in total. The lowest BCUT2D eigenvalue weighted by molar-refractivity contribution is -0.0587. The van der Waals surface area contributed by atoms with Gasteiger partial charge in [-0.15, -0.1) is 0 Å². The van der Waals surface area contributed by atoms with Crippen LogP contribution in [0.25, 0.3) is 10.9 Å². The van der Waals surface area contributed by atoms with Gasteiger partial charge in [-0.25, -0.2) is 8.42 Å². The van der Waals surface area contributed by atoms with E-state index in [1.807, 2.05) is 12.1 Å². The molecular formula is C15H16N4O3S. The van der Waals surface area contributed by atoms with Gasteiger partial charge in [0.25, 0.3) is 0 Å². The molecule has 0 saturated carbocycles. The zero-order chi connectivity index (χ0) is 16.1. The number of aromatic nitrogens is 3. The maximum atomic E-state index is 12.8. The number of H-pyrrole nitrogens is 2. The van der Waals surface area contributed by atoms with Crippen molar-refractivity contribution in [3.8, 4) is 0 Å². The number of sulfonamides is 1. The number of β-amino-alcohol motifs (C(OH)–C–C–N with tert-alkyl or cyclic N) is 1. The van der Waals surface area contributed by atoms with E-state index in [0.717, 1.165) is 11.2 Å². The van der Waals surface area contributed by atoms with Crippen LogP contribution in [-0.4, -0.2) is 51.7 Å². The van der Waals surface area contributed by atoms with Crippen molar-refractivity contribution in [3.05, 3.63) is 48.4 Å². The molecule has 0 atom stereocenters. The molecule has 3 aromatic rings. The van der Waals surface area contributed by atoms with Crippen LogP contribution in [0.4, 0.5) is 0 Å². The number of fused-ring (bicyclic) bond motifs is 1. The Balaban J connectivity index is 1.57. The van der Waals surface area contributed by atoms with Gasteiger partial charge >= 0.3 is 0 Å². The summed E-state index contributed by atoms with van der Waals surface area (Å²) in [5, 5.41) is 17.7. The molecule has 0 radical (unpaired) electrons. The van der Waals surface area contributed by atoms with Gasteiger partial charge in [-0.3, -0.25) is 5.10 Å². The first-order valence-electron chi connectivity index (χ1n) is 7.25. The van der Waals surface area contributed by atoms with Crippen LogP contribution in [0, 0.1) is 0 Å². The van der Waals surface area contributed by atoms with Crippen molar-refractivity contribution < 1.29 is 13.5 Å². The topological polar surface area (TPSA) is 102 Å². The zero-order valence-corrected chi connectivity index (χ0v) is 13.0. The predicted molar refractivity (Wildman–Crippen MR) is 84.3 cm³/mol. The number of benzene rings is 1. The fourth-order valence-corrected chi connectivity index (χ4v) is 4.79. The van der Waals surface area contributed by atoms with Gasteiger partial charge in [-0.2, -0.15) is 9.40 Å². The van der Waals surface area contributed by atoms with Crippen LogP contribution in [0.15, 0.2) is 47.6 Å². The van der Waals surface area contributed by atoms with Crippen molar-refractivity contribution in [1.29, 1.82) is 0 Å². The normalized spacial score (nSPS) is 18.1. The Bertz CT molecular complexity index is 940. The molecule has 120 valence electrons. The lowest BCUT2D eigenvalue weighted by Crippen LogP contribution is -2.64. The summed E-state index contributed by atoms with van der Waals surface area (Å²) in [6.45, 7) is 0.154. The third-order valence-corrected chi connectivity index (χ3v) is 6.02. The average molecular weight is 332 g/mol. The SMILES string of the molecule is O=S(=O)(c1c[nH]c2ccccc12)N1CC(O)(Cc2ccn[nH]2)C1. The van der Waals surface area contributed by atoms with E-state index in [1.54, 1.807) is 24.4 Å². The second-order valence-electron chi connectivity index (χ2n) is 5.95. The molecule has 4 rings (SSSR count). The average Bonchev–Trinajstić information content (AvgIpc) is 3.13. The minimum Gasteiger partial charge on any atom is -0.387 e. The van der Waals surface area contributed by atoms with Crippen molar-refractivity contribution >= 4 is 20.9 Å². The van der Waals surface area contributed by atoms with Crippen LogP contribution in [0.1, 0.15) is 5.69 Å². The second-order valence-corrected chi connectivity index (χ2v) is 7.86. The summed E-state index contributed by atoms with van der Waals surface area (Å²) in [6.07, 6.45) is 3.47. The fourth-order valence-electron chi connectivity index (χ4n) is 3.03. The minimum atomic E-state index is -3.62. The predicted octanol–water partition coefficient (Wildman–Crippen LogP) is 0.869. The molecule has 23 heavy (non-hydrogen) atoms. The number of aliphatic hydroxyl groups is 1. The molecule has 1 aromatic carbocycles. The molecule has 0 spiro atoms. The molecule has 1 saturated heterocycles. The molecule has 0 aliphatic carbocycles. The number of aromatic amines is 2. The van der Waals surface area contributed by atoms with Crippen LogP contribution in [0.2, 0.25) is 0 Å². The van der Waals surface area contributed by atoms with Crippen LogP contribution in [0.3, 0.4) is 0 Å². The summed E-state index contributed by atoms with van der Waals surface area (Å²) in [7, 11) is -3.62. The van der Waals surface area contributed by atoms with E-state index in [4.69, 9.17) is 0 Å². The van der Waals surface area contributed by atoms with E-state index >= 15 is 0 Å². The van der Waals surface area contributed by atoms with E-state index < -0.39 is 15.6 Å². The molecule has 3 heterocycles. The number of nitrogens with one attached hydrogen (secondary N) is 2. The minimum absolute atomic E-state index is 0.0772. The standard InChI is InChI=1S/C15H16N4O3S/c20-15(7-11-5-6-17-18-11)9-19(10-15)23(21,22)14-8-16-13-4-2-1-3-12(13)14/h1-6,8,16,20H,7,9-10H2,(H,17,18). The van der Waals surface area contributed by atoms with Crippen LogP contribution in [0.5, 0.6) is 0 Å². The molecule has 3 N–H and O–H groups in total. The Morgan fingerprint density at radius 1 is 1.26 bits per heavy atom. The molecule has 0 unspecified atom stereocenters. The molecule has 1 fully saturated rings. The Morgan fingerprint density at radius 2 is 2.04 bits per heavy atom. The number of hydrogen-bond acceptors (Lipinski definition) is 4. The summed E-state index contributed by atoms with van der Waals surface area (Å²) >= 11 is 0. The van der Waals surface area contributed by atoms with Gasteiger partial charge in [0.1, 0.15) is 4.90 Å². The van der Waals surface area contributed by atoms with Gasteiger partial charge in [0, 0.05) is 48.5 Å². The number of rotatable bonds is 4. The summed E-state index contributed by atoms with van der Waals surface area (Å²) in [5.74, 6) is 0. The Kier molecular flexibility index (Phi) is 3.09. The summed E-state index contributed by atoms with van der Waals surface area (Å²) in [4.78, 5) is 3.22. The van der Waals surface area contributed by atoms with Gasteiger partial charge < -0.3 is 10.1 Å². The van der Waals surface area contributed by atoms with Crippen LogP contribution < -0.4 is 0 Å². The monoisotopic (exact) mass is 332 g/mol. The summed E-state index contributed by atoms with van der Waals surface area (Å²) < 4.78 is 26.8. The quantitative estimate of drug-likeness (QED) is 0.660. The third kappa shape index (κ3) is 2.35. The van der Waals surface area contributed by atoms with Gasteiger partial charge in [0.2, 0.25) is 10.0 Å². The van der Waals surface area contributed by atoms with E-state index in [9.17, 15) is 13.5 Å². The highest BCUT2D eigenvalue weighted by atomic mass is 32.2. The van der Waals surface area contributed by atoms with Crippen molar-refractivity contribution in [2.45, 2.75) is 16.9 Å². The van der Waals surface area contributed by atoms with Crippen molar-refractivity contribution in [2.75, 3.05) is 13.1 Å². The Morgan fingerprint density at radius 3 is 2.78 bits per heavy atom. The second kappa shape index (κ2) is 4.92. The lowest BCUT2D eigenvalue weighted by atomic mass is 9.91. The highest BCUT2D eigenvalue weighted by Crippen LogP contribution is 2.33. The molecule has 1 aliphatic rings. The highest BCUT2D eigenvalue weighted by molar-refractivity contribution is 7.89. The number of nitrogens with zero attached hydrogens (tertiary/aromatic N) is 2. The van der Waals surface area contributed by atoms with Crippen LogP contribution >= 0.6 is 0 Å². The molecule has 2 aromatic heterocycles. The summed E-state index contributed by atoms with van der Waals surface area (Å²) in [6, 6.07) is 9.03.